The molecule has 0 aromatic carbocycles. The van der Waals surface area contributed by atoms with E-state index in [4.69, 9.17) is 0 Å². The van der Waals surface area contributed by atoms with Crippen molar-refractivity contribution >= 4 is 0 Å². The minimum absolute atomic E-state index is 0. The molecule has 1 rings (SSSR count). The molecule has 2 atom stereocenters. The van der Waals surface area contributed by atoms with E-state index in [9.17, 15) is 8.78 Å². The van der Waals surface area contributed by atoms with E-state index in [0.717, 1.165) is 0 Å². The van der Waals surface area contributed by atoms with Crippen LogP contribution >= 0.6 is 0 Å². The molecule has 0 saturated heterocycles. The molecule has 72 valence electrons. The fourth-order valence-corrected chi connectivity index (χ4v) is 1.52. The minimum Gasteiger partial charge on any atom is -0.412 e. The number of hydrogen-bond donors (Lipinski definition) is 0. The summed E-state index contributed by atoms with van der Waals surface area (Å²) in [5, 5.41) is 0. The standard InChI is InChI=1S/C8H14F2.H2O.U/c1-5-3-7(9)6(2)8(10)4-5;;/h5-8H,3-4H2,1-2H3;1H2;. The van der Waals surface area contributed by atoms with Crippen molar-refractivity contribution in [2.45, 2.75) is 39.0 Å². The van der Waals surface area contributed by atoms with Gasteiger partial charge in [-0.3, -0.25) is 0 Å². The van der Waals surface area contributed by atoms with Gasteiger partial charge in [-0.2, -0.15) is 0 Å². The van der Waals surface area contributed by atoms with Crippen LogP contribution in [0.25, 0.3) is 0 Å². The molecule has 1 aliphatic rings. The summed E-state index contributed by atoms with van der Waals surface area (Å²) in [5.41, 5.74) is 0. The van der Waals surface area contributed by atoms with Crippen LogP contribution < -0.4 is 0 Å². The summed E-state index contributed by atoms with van der Waals surface area (Å²) in [4.78, 5) is 0. The zero-order valence-corrected chi connectivity index (χ0v) is 11.6. The first-order valence-corrected chi connectivity index (χ1v) is 3.89. The largest absolute Gasteiger partial charge is 0.412 e. The molecule has 0 bridgehead atoms. The third-order valence-electron chi connectivity index (χ3n) is 2.40. The SMILES string of the molecule is CC1CC(F)C(C)C(F)C1.O.[U]. The third-order valence-corrected chi connectivity index (χ3v) is 2.40. The molecular formula is C8H16F2OU. The van der Waals surface area contributed by atoms with Gasteiger partial charge in [0.15, 0.2) is 0 Å². The Bertz CT molecular complexity index is 112. The van der Waals surface area contributed by atoms with Crippen LogP contribution in [0.2, 0.25) is 0 Å². The van der Waals surface area contributed by atoms with E-state index in [0.29, 0.717) is 12.8 Å². The molecule has 0 spiro atoms. The van der Waals surface area contributed by atoms with Crippen molar-refractivity contribution in [2.75, 3.05) is 0 Å². The number of alkyl halides is 2. The zero-order valence-electron chi connectivity index (χ0n) is 7.48. The Balaban J connectivity index is 0. The molecule has 0 heterocycles. The summed E-state index contributed by atoms with van der Waals surface area (Å²) in [6.07, 6.45) is -0.749. The molecule has 0 amide bonds. The predicted octanol–water partition coefficient (Wildman–Crippen LogP) is 1.90. The fourth-order valence-electron chi connectivity index (χ4n) is 1.52. The van der Waals surface area contributed by atoms with Crippen LogP contribution in [0.1, 0.15) is 26.7 Å². The summed E-state index contributed by atoms with van der Waals surface area (Å²) >= 11 is 0. The van der Waals surface area contributed by atoms with Gasteiger partial charge in [0, 0.05) is 37.0 Å². The average Bonchev–Trinajstić information content (AvgIpc) is 1.82. The third kappa shape index (κ3) is 3.72. The molecule has 12 heavy (non-hydrogen) atoms. The van der Waals surface area contributed by atoms with Crippen molar-refractivity contribution in [1.29, 1.82) is 0 Å². The molecule has 1 aliphatic carbocycles. The van der Waals surface area contributed by atoms with Crippen LogP contribution in [0, 0.1) is 42.9 Å². The second kappa shape index (κ2) is 6.34. The molecule has 2 unspecified atom stereocenters. The van der Waals surface area contributed by atoms with Crippen LogP contribution in [-0.4, -0.2) is 17.8 Å². The summed E-state index contributed by atoms with van der Waals surface area (Å²) < 4.78 is 25.7. The smallest absolute Gasteiger partial charge is 0.106 e. The number of hydrogen-bond acceptors (Lipinski definition) is 0. The van der Waals surface area contributed by atoms with Crippen molar-refractivity contribution in [3.05, 3.63) is 0 Å². The van der Waals surface area contributed by atoms with Crippen LogP contribution in [-0.2, 0) is 0 Å². The van der Waals surface area contributed by atoms with Gasteiger partial charge >= 0.3 is 0 Å². The molecule has 1 saturated carbocycles. The Morgan fingerprint density at radius 3 is 1.67 bits per heavy atom. The van der Waals surface area contributed by atoms with Gasteiger partial charge < -0.3 is 5.48 Å². The first kappa shape index (κ1) is 15.3. The van der Waals surface area contributed by atoms with E-state index in [-0.39, 0.29) is 48.4 Å². The van der Waals surface area contributed by atoms with Gasteiger partial charge in [-0.05, 0) is 18.8 Å². The Morgan fingerprint density at radius 1 is 1.00 bits per heavy atom. The van der Waals surface area contributed by atoms with E-state index in [2.05, 4.69) is 0 Å². The second-order valence-corrected chi connectivity index (χ2v) is 3.47. The Morgan fingerprint density at radius 2 is 1.33 bits per heavy atom. The summed E-state index contributed by atoms with van der Waals surface area (Å²) in [7, 11) is 0. The average molecular weight is 404 g/mol. The minimum atomic E-state index is -0.918. The van der Waals surface area contributed by atoms with Gasteiger partial charge in [-0.15, -0.1) is 0 Å². The van der Waals surface area contributed by atoms with Crippen LogP contribution in [0.4, 0.5) is 8.78 Å². The van der Waals surface area contributed by atoms with E-state index < -0.39 is 12.3 Å². The Labute approximate surface area is 96.0 Å². The fraction of sp³-hybridized carbons (Fsp3) is 1.00. The Hall–Kier alpha value is 0.872. The summed E-state index contributed by atoms with van der Waals surface area (Å²) in [5.74, 6) is -0.155. The van der Waals surface area contributed by atoms with Crippen molar-refractivity contribution in [3.63, 3.8) is 0 Å². The first-order chi connectivity index (χ1) is 4.61. The monoisotopic (exact) mass is 404 g/mol. The normalized spacial score (nSPS) is 41.0. The molecule has 0 aliphatic heterocycles. The first-order valence-electron chi connectivity index (χ1n) is 3.89. The van der Waals surface area contributed by atoms with Crippen molar-refractivity contribution in [3.8, 4) is 0 Å². The van der Waals surface area contributed by atoms with E-state index in [1.807, 2.05) is 6.92 Å². The van der Waals surface area contributed by atoms with Crippen LogP contribution in [0.3, 0.4) is 0 Å². The van der Waals surface area contributed by atoms with E-state index in [1.165, 1.54) is 0 Å². The summed E-state index contributed by atoms with van der Waals surface area (Å²) in [6, 6.07) is 0. The number of halogens is 2. The molecule has 0 aromatic heterocycles. The Kier molecular flexibility index (Phi) is 8.12. The van der Waals surface area contributed by atoms with E-state index in [1.54, 1.807) is 6.92 Å². The molecule has 2 N–H and O–H groups in total. The second-order valence-electron chi connectivity index (χ2n) is 3.47. The van der Waals surface area contributed by atoms with Crippen molar-refractivity contribution in [2.24, 2.45) is 11.8 Å². The summed E-state index contributed by atoms with van der Waals surface area (Å²) in [6.45, 7) is 3.56. The quantitative estimate of drug-likeness (QED) is 0.591. The topological polar surface area (TPSA) is 31.5 Å². The molecule has 1 nitrogen and oxygen atoms in total. The maximum Gasteiger partial charge on any atom is 0.106 e. The molecule has 0 aromatic rings. The van der Waals surface area contributed by atoms with E-state index >= 15 is 0 Å². The van der Waals surface area contributed by atoms with Crippen molar-refractivity contribution < 1.29 is 45.4 Å². The van der Waals surface area contributed by atoms with Gasteiger partial charge in [-0.25, -0.2) is 8.78 Å². The zero-order chi connectivity index (χ0) is 7.72. The molecule has 1 fully saturated rings. The molecule has 0 radical (unpaired) electrons. The van der Waals surface area contributed by atoms with Crippen molar-refractivity contribution in [1.82, 2.24) is 0 Å². The number of rotatable bonds is 0. The van der Waals surface area contributed by atoms with Gasteiger partial charge in [0.05, 0.1) is 0 Å². The van der Waals surface area contributed by atoms with Gasteiger partial charge in [0.1, 0.15) is 12.3 Å². The van der Waals surface area contributed by atoms with Gasteiger partial charge in [0.25, 0.3) is 0 Å². The van der Waals surface area contributed by atoms with Gasteiger partial charge in [0.2, 0.25) is 0 Å². The van der Waals surface area contributed by atoms with Crippen LogP contribution in [0.5, 0.6) is 0 Å². The maximum absolute atomic E-state index is 12.8. The maximum atomic E-state index is 12.8. The predicted molar refractivity (Wildman–Crippen MR) is 41.0 cm³/mol. The van der Waals surface area contributed by atoms with Crippen LogP contribution in [0.15, 0.2) is 0 Å². The van der Waals surface area contributed by atoms with Gasteiger partial charge in [-0.1, -0.05) is 13.8 Å². The molecule has 4 heteroatoms. The molecular weight excluding hydrogens is 388 g/mol.